The van der Waals surface area contributed by atoms with Crippen LogP contribution in [0.1, 0.15) is 39.6 Å². The number of rotatable bonds is 2. The summed E-state index contributed by atoms with van der Waals surface area (Å²) in [6.07, 6.45) is -0.341. The molecule has 132 valence electrons. The van der Waals surface area contributed by atoms with Crippen molar-refractivity contribution in [2.75, 3.05) is 6.54 Å². The standard InChI is InChI=1S/C18H20FN3O3/c1-10-11(2)20-21(3)17(24)16(10)18(25)22-9-14(23)8-15(22)12-4-6-13(19)7-5-12/h4-7,14-15,23H,8-9H2,1-3H3/t14-,15+/m1/s1. The number of aromatic nitrogens is 2. The first kappa shape index (κ1) is 17.3. The van der Waals surface area contributed by atoms with Crippen molar-refractivity contribution in [3.8, 4) is 0 Å². The SMILES string of the molecule is Cc1nn(C)c(=O)c(C(=O)N2C[C@H](O)C[C@H]2c2ccc(F)cc2)c1C. The number of carbonyl (C=O) groups excluding carboxylic acids is 1. The van der Waals surface area contributed by atoms with E-state index in [-0.39, 0.29) is 17.9 Å². The van der Waals surface area contributed by atoms with Crippen LogP contribution in [0.3, 0.4) is 0 Å². The van der Waals surface area contributed by atoms with Gasteiger partial charge in [-0.3, -0.25) is 9.59 Å². The topological polar surface area (TPSA) is 75.4 Å². The van der Waals surface area contributed by atoms with Crippen LogP contribution in [0.5, 0.6) is 0 Å². The highest BCUT2D eigenvalue weighted by molar-refractivity contribution is 5.96. The van der Waals surface area contributed by atoms with Gasteiger partial charge in [-0.05, 0) is 43.5 Å². The van der Waals surface area contributed by atoms with Crippen LogP contribution in [0.4, 0.5) is 4.39 Å². The first-order valence-electron chi connectivity index (χ1n) is 8.08. The summed E-state index contributed by atoms with van der Waals surface area (Å²) in [5.41, 5.74) is 1.46. The lowest BCUT2D eigenvalue weighted by molar-refractivity contribution is 0.0712. The molecule has 3 rings (SSSR count). The second-order valence-corrected chi connectivity index (χ2v) is 6.43. The Balaban J connectivity index is 2.04. The molecule has 1 aliphatic rings. The maximum atomic E-state index is 13.2. The summed E-state index contributed by atoms with van der Waals surface area (Å²) in [5, 5.41) is 14.2. The van der Waals surface area contributed by atoms with E-state index >= 15 is 0 Å². The molecule has 2 aromatic rings. The van der Waals surface area contributed by atoms with Crippen LogP contribution in [0.2, 0.25) is 0 Å². The number of benzene rings is 1. The lowest BCUT2D eigenvalue weighted by Crippen LogP contribution is -2.38. The number of carbonyl (C=O) groups is 1. The maximum Gasteiger partial charge on any atom is 0.279 e. The average Bonchev–Trinajstić information content (AvgIpc) is 2.95. The van der Waals surface area contributed by atoms with Gasteiger partial charge in [-0.15, -0.1) is 0 Å². The first-order chi connectivity index (χ1) is 11.8. The summed E-state index contributed by atoms with van der Waals surface area (Å²) in [5.74, 6) is -0.802. The molecule has 1 aromatic carbocycles. The number of hydrogen-bond donors (Lipinski definition) is 1. The monoisotopic (exact) mass is 345 g/mol. The van der Waals surface area contributed by atoms with Crippen LogP contribution < -0.4 is 5.56 Å². The van der Waals surface area contributed by atoms with Crippen molar-refractivity contribution in [2.24, 2.45) is 7.05 Å². The molecule has 0 spiro atoms. The normalized spacial score (nSPS) is 20.1. The Bertz CT molecular complexity index is 876. The Morgan fingerprint density at radius 3 is 2.56 bits per heavy atom. The Morgan fingerprint density at radius 2 is 1.92 bits per heavy atom. The van der Waals surface area contributed by atoms with Crippen LogP contribution in [-0.4, -0.2) is 38.3 Å². The summed E-state index contributed by atoms with van der Waals surface area (Å²) >= 11 is 0. The first-order valence-corrected chi connectivity index (χ1v) is 8.08. The molecule has 0 aliphatic carbocycles. The molecule has 1 aliphatic heterocycles. The lowest BCUT2D eigenvalue weighted by atomic mass is 10.0. The zero-order chi connectivity index (χ0) is 18.3. The molecule has 1 N–H and O–H groups in total. The van der Waals surface area contributed by atoms with Crippen molar-refractivity contribution >= 4 is 5.91 Å². The molecule has 2 heterocycles. The molecular weight excluding hydrogens is 325 g/mol. The van der Waals surface area contributed by atoms with E-state index in [1.54, 1.807) is 26.0 Å². The fraction of sp³-hybridized carbons (Fsp3) is 0.389. The van der Waals surface area contributed by atoms with Gasteiger partial charge in [-0.1, -0.05) is 12.1 Å². The molecule has 0 saturated carbocycles. The Kier molecular flexibility index (Phi) is 4.43. The second-order valence-electron chi connectivity index (χ2n) is 6.43. The summed E-state index contributed by atoms with van der Waals surface area (Å²) in [7, 11) is 1.50. The van der Waals surface area contributed by atoms with Crippen LogP contribution in [0.15, 0.2) is 29.1 Å². The smallest absolute Gasteiger partial charge is 0.279 e. The maximum absolute atomic E-state index is 13.2. The number of hydrogen-bond acceptors (Lipinski definition) is 4. The number of likely N-dealkylation sites (tertiary alicyclic amines) is 1. The molecule has 0 bridgehead atoms. The van der Waals surface area contributed by atoms with Crippen LogP contribution in [0.25, 0.3) is 0 Å². The van der Waals surface area contributed by atoms with Crippen molar-refractivity contribution < 1.29 is 14.3 Å². The van der Waals surface area contributed by atoms with Crippen molar-refractivity contribution in [1.29, 1.82) is 0 Å². The highest BCUT2D eigenvalue weighted by Gasteiger charge is 2.37. The van der Waals surface area contributed by atoms with E-state index in [4.69, 9.17) is 0 Å². The Morgan fingerprint density at radius 1 is 1.28 bits per heavy atom. The number of amides is 1. The molecule has 0 radical (unpaired) electrons. The molecule has 6 nitrogen and oxygen atoms in total. The van der Waals surface area contributed by atoms with Gasteiger partial charge < -0.3 is 10.0 Å². The molecule has 7 heteroatoms. The van der Waals surface area contributed by atoms with E-state index in [1.165, 1.54) is 24.1 Å². The quantitative estimate of drug-likeness (QED) is 0.895. The molecule has 1 fully saturated rings. The highest BCUT2D eigenvalue weighted by Crippen LogP contribution is 2.33. The third kappa shape index (κ3) is 3.07. The summed E-state index contributed by atoms with van der Waals surface area (Å²) in [6, 6.07) is 5.44. The fourth-order valence-corrected chi connectivity index (χ4v) is 3.28. The second kappa shape index (κ2) is 6.40. The minimum atomic E-state index is -0.689. The van der Waals surface area contributed by atoms with Crippen molar-refractivity contribution in [2.45, 2.75) is 32.4 Å². The fourth-order valence-electron chi connectivity index (χ4n) is 3.28. The zero-order valence-corrected chi connectivity index (χ0v) is 14.4. The van der Waals surface area contributed by atoms with E-state index in [0.29, 0.717) is 17.7 Å². The van der Waals surface area contributed by atoms with Gasteiger partial charge in [0, 0.05) is 13.6 Å². The molecule has 2 atom stereocenters. The Labute approximate surface area is 144 Å². The van der Waals surface area contributed by atoms with Crippen LogP contribution in [0, 0.1) is 19.7 Å². The summed E-state index contributed by atoms with van der Waals surface area (Å²) in [6.45, 7) is 3.56. The van der Waals surface area contributed by atoms with Crippen molar-refractivity contribution in [3.63, 3.8) is 0 Å². The summed E-state index contributed by atoms with van der Waals surface area (Å²) in [4.78, 5) is 27.0. The number of halogens is 1. The number of aryl methyl sites for hydroxylation is 2. The molecule has 25 heavy (non-hydrogen) atoms. The molecule has 1 amide bonds. The van der Waals surface area contributed by atoms with Crippen LogP contribution >= 0.6 is 0 Å². The largest absolute Gasteiger partial charge is 0.391 e. The van der Waals surface area contributed by atoms with Gasteiger partial charge in [0.15, 0.2) is 0 Å². The van der Waals surface area contributed by atoms with E-state index in [1.807, 2.05) is 0 Å². The summed E-state index contributed by atoms with van der Waals surface area (Å²) < 4.78 is 14.3. The minimum absolute atomic E-state index is 0.0659. The van der Waals surface area contributed by atoms with Gasteiger partial charge in [0.05, 0.1) is 17.8 Å². The lowest BCUT2D eigenvalue weighted by Gasteiger charge is -2.25. The van der Waals surface area contributed by atoms with Gasteiger partial charge in [0.2, 0.25) is 0 Å². The van der Waals surface area contributed by atoms with Gasteiger partial charge in [0.1, 0.15) is 11.4 Å². The van der Waals surface area contributed by atoms with E-state index in [0.717, 1.165) is 10.2 Å². The van der Waals surface area contributed by atoms with Gasteiger partial charge >= 0.3 is 0 Å². The number of nitrogens with zero attached hydrogens (tertiary/aromatic N) is 3. The molecular formula is C18H20FN3O3. The predicted molar refractivity (Wildman–Crippen MR) is 89.8 cm³/mol. The van der Waals surface area contributed by atoms with Gasteiger partial charge in [0.25, 0.3) is 11.5 Å². The number of aliphatic hydroxyl groups excluding tert-OH is 1. The van der Waals surface area contributed by atoms with E-state index in [2.05, 4.69) is 5.10 Å². The molecule has 0 unspecified atom stereocenters. The number of β-amino-alcohol motifs (C(OH)–C–C–N with tert-alkyl or cyclic N) is 1. The zero-order valence-electron chi connectivity index (χ0n) is 14.4. The van der Waals surface area contributed by atoms with Crippen molar-refractivity contribution in [1.82, 2.24) is 14.7 Å². The van der Waals surface area contributed by atoms with E-state index < -0.39 is 23.6 Å². The molecule has 1 aromatic heterocycles. The molecule has 1 saturated heterocycles. The third-order valence-corrected chi connectivity index (χ3v) is 4.73. The van der Waals surface area contributed by atoms with Crippen LogP contribution in [-0.2, 0) is 7.05 Å². The number of aliphatic hydroxyl groups is 1. The Hall–Kier alpha value is -2.54. The van der Waals surface area contributed by atoms with E-state index in [9.17, 15) is 19.1 Å². The highest BCUT2D eigenvalue weighted by atomic mass is 19.1. The minimum Gasteiger partial charge on any atom is -0.391 e. The third-order valence-electron chi connectivity index (χ3n) is 4.73. The average molecular weight is 345 g/mol. The van der Waals surface area contributed by atoms with Gasteiger partial charge in [-0.2, -0.15) is 5.10 Å². The van der Waals surface area contributed by atoms with Gasteiger partial charge in [-0.25, -0.2) is 9.07 Å². The van der Waals surface area contributed by atoms with Crippen molar-refractivity contribution in [3.05, 3.63) is 62.8 Å². The predicted octanol–water partition coefficient (Wildman–Crippen LogP) is 1.48.